The minimum absolute atomic E-state index is 0.160. The van der Waals surface area contributed by atoms with Crippen LogP contribution in [0.5, 0.6) is 0 Å². The van der Waals surface area contributed by atoms with Gasteiger partial charge in [-0.25, -0.2) is 4.68 Å². The van der Waals surface area contributed by atoms with Crippen LogP contribution in [0.1, 0.15) is 5.69 Å². The maximum Gasteiger partial charge on any atom is 0.236 e. The number of aromatic nitrogens is 5. The molecule has 0 radical (unpaired) electrons. The second-order valence-electron chi connectivity index (χ2n) is 6.22. The van der Waals surface area contributed by atoms with Crippen molar-refractivity contribution in [2.75, 3.05) is 11.1 Å². The summed E-state index contributed by atoms with van der Waals surface area (Å²) in [6, 6.07) is 18.9. The van der Waals surface area contributed by atoms with Crippen LogP contribution in [0.3, 0.4) is 0 Å². The molecule has 146 valence electrons. The van der Waals surface area contributed by atoms with E-state index in [4.69, 9.17) is 11.6 Å². The van der Waals surface area contributed by atoms with Crippen LogP contribution in [0.4, 0.5) is 5.82 Å². The van der Waals surface area contributed by atoms with Crippen LogP contribution >= 0.6 is 23.4 Å². The molecule has 9 heteroatoms. The number of hydrogen-bond donors (Lipinski definition) is 1. The number of halogens is 1. The third-order valence-electron chi connectivity index (χ3n) is 4.03. The molecule has 29 heavy (non-hydrogen) atoms. The molecule has 0 spiro atoms. The highest BCUT2D eigenvalue weighted by molar-refractivity contribution is 7.99. The van der Waals surface area contributed by atoms with Gasteiger partial charge >= 0.3 is 0 Å². The average Bonchev–Trinajstić information content (AvgIpc) is 3.33. The largest absolute Gasteiger partial charge is 0.310 e. The summed E-state index contributed by atoms with van der Waals surface area (Å²) in [6.45, 7) is 1.89. The van der Waals surface area contributed by atoms with Gasteiger partial charge in [-0.05, 0) is 37.3 Å². The molecule has 0 unspecified atom stereocenters. The number of thioether (sulfide) groups is 1. The highest BCUT2D eigenvalue weighted by Gasteiger charge is 2.14. The van der Waals surface area contributed by atoms with Crippen LogP contribution in [-0.4, -0.2) is 36.2 Å². The first-order chi connectivity index (χ1) is 14.1. The van der Waals surface area contributed by atoms with E-state index in [1.807, 2.05) is 61.5 Å². The topological polar surface area (TPSA) is 77.6 Å². The molecule has 0 saturated heterocycles. The number of nitrogens with one attached hydrogen (secondary N) is 1. The smallest absolute Gasteiger partial charge is 0.236 e. The Bertz CT molecular complexity index is 1140. The number of aryl methyl sites for hydroxylation is 1. The molecule has 0 atom stereocenters. The van der Waals surface area contributed by atoms with Crippen molar-refractivity contribution in [3.8, 4) is 11.4 Å². The van der Waals surface area contributed by atoms with Gasteiger partial charge in [0.25, 0.3) is 0 Å². The number of carbonyl (C=O) groups excluding carboxylic acids is 1. The highest BCUT2D eigenvalue weighted by atomic mass is 35.5. The Balaban J connectivity index is 1.46. The first-order valence-electron chi connectivity index (χ1n) is 8.81. The van der Waals surface area contributed by atoms with Gasteiger partial charge in [0.2, 0.25) is 5.91 Å². The second kappa shape index (κ2) is 8.50. The van der Waals surface area contributed by atoms with Crippen molar-refractivity contribution in [3.63, 3.8) is 0 Å². The van der Waals surface area contributed by atoms with E-state index in [1.54, 1.807) is 21.6 Å². The highest BCUT2D eigenvalue weighted by Crippen LogP contribution is 2.22. The summed E-state index contributed by atoms with van der Waals surface area (Å²) in [4.78, 5) is 12.6. The maximum atomic E-state index is 12.6. The van der Waals surface area contributed by atoms with Gasteiger partial charge in [-0.1, -0.05) is 47.6 Å². The van der Waals surface area contributed by atoms with Crippen molar-refractivity contribution in [1.82, 2.24) is 24.5 Å². The predicted octanol–water partition coefficient (Wildman–Crippen LogP) is 4.15. The van der Waals surface area contributed by atoms with E-state index >= 15 is 0 Å². The third kappa shape index (κ3) is 4.49. The molecule has 1 N–H and O–H groups in total. The standard InChI is InChI=1S/C20H17ClN6OS/c1-14-10-18(27(25-14)16-7-3-2-4-8-16)23-19(28)12-29-20-24-22-13-26(20)17-9-5-6-15(21)11-17/h2-11,13H,12H2,1H3,(H,23,28). The summed E-state index contributed by atoms with van der Waals surface area (Å²) < 4.78 is 3.51. The van der Waals surface area contributed by atoms with Crippen molar-refractivity contribution in [2.24, 2.45) is 0 Å². The normalized spacial score (nSPS) is 10.8. The van der Waals surface area contributed by atoms with Crippen LogP contribution in [0.25, 0.3) is 11.4 Å². The molecule has 0 fully saturated rings. The first kappa shape index (κ1) is 19.2. The Morgan fingerprint density at radius 1 is 1.10 bits per heavy atom. The van der Waals surface area contributed by atoms with Crippen LogP contribution in [0, 0.1) is 6.92 Å². The van der Waals surface area contributed by atoms with Crippen molar-refractivity contribution >= 4 is 35.1 Å². The number of hydrogen-bond acceptors (Lipinski definition) is 5. The third-order valence-corrected chi connectivity index (χ3v) is 5.21. The Kier molecular flexibility index (Phi) is 5.64. The number of carbonyl (C=O) groups is 1. The van der Waals surface area contributed by atoms with E-state index in [-0.39, 0.29) is 11.7 Å². The molecule has 7 nitrogen and oxygen atoms in total. The van der Waals surface area contributed by atoms with E-state index in [0.717, 1.165) is 17.1 Å². The van der Waals surface area contributed by atoms with E-state index in [1.165, 1.54) is 11.8 Å². The summed E-state index contributed by atoms with van der Waals surface area (Å²) in [5, 5.41) is 16.7. The molecule has 4 rings (SSSR count). The lowest BCUT2D eigenvalue weighted by Crippen LogP contribution is -2.17. The molecule has 0 aliphatic carbocycles. The molecule has 0 bridgehead atoms. The lowest BCUT2D eigenvalue weighted by molar-refractivity contribution is -0.113. The minimum atomic E-state index is -0.160. The monoisotopic (exact) mass is 424 g/mol. The summed E-state index contributed by atoms with van der Waals surface area (Å²) in [5.74, 6) is 0.640. The average molecular weight is 425 g/mol. The molecular formula is C20H17ClN6OS. The number of nitrogens with zero attached hydrogens (tertiary/aromatic N) is 5. The lowest BCUT2D eigenvalue weighted by Gasteiger charge is -2.09. The van der Waals surface area contributed by atoms with Gasteiger partial charge < -0.3 is 5.32 Å². The SMILES string of the molecule is Cc1cc(NC(=O)CSc2nncn2-c2cccc(Cl)c2)n(-c2ccccc2)n1. The quantitative estimate of drug-likeness (QED) is 0.470. The molecule has 2 aromatic heterocycles. The summed E-state index contributed by atoms with van der Waals surface area (Å²) in [6.07, 6.45) is 1.60. The fourth-order valence-electron chi connectivity index (χ4n) is 2.79. The van der Waals surface area contributed by atoms with E-state index in [2.05, 4.69) is 20.6 Å². The van der Waals surface area contributed by atoms with E-state index in [9.17, 15) is 4.79 Å². The molecular weight excluding hydrogens is 408 g/mol. The van der Waals surface area contributed by atoms with Gasteiger partial charge in [0, 0.05) is 11.1 Å². The Labute approximate surface area is 176 Å². The number of rotatable bonds is 6. The van der Waals surface area contributed by atoms with Gasteiger partial charge in [0.1, 0.15) is 12.1 Å². The Morgan fingerprint density at radius 2 is 1.90 bits per heavy atom. The maximum absolute atomic E-state index is 12.6. The van der Waals surface area contributed by atoms with Gasteiger partial charge in [-0.15, -0.1) is 10.2 Å². The van der Waals surface area contributed by atoms with Crippen molar-refractivity contribution < 1.29 is 4.79 Å². The van der Waals surface area contributed by atoms with Crippen molar-refractivity contribution in [3.05, 3.63) is 77.7 Å². The van der Waals surface area contributed by atoms with Gasteiger partial charge in [0.15, 0.2) is 5.16 Å². The van der Waals surface area contributed by atoms with Crippen LogP contribution in [-0.2, 0) is 4.79 Å². The number of benzene rings is 2. The zero-order valence-electron chi connectivity index (χ0n) is 15.5. The molecule has 0 saturated carbocycles. The van der Waals surface area contributed by atoms with Gasteiger partial charge in [-0.2, -0.15) is 5.10 Å². The Hall–Kier alpha value is -3.10. The van der Waals surface area contributed by atoms with Gasteiger partial charge in [0.05, 0.1) is 22.8 Å². The summed E-state index contributed by atoms with van der Waals surface area (Å²) in [5.41, 5.74) is 2.53. The van der Waals surface area contributed by atoms with E-state index < -0.39 is 0 Å². The second-order valence-corrected chi connectivity index (χ2v) is 7.60. The van der Waals surface area contributed by atoms with Crippen LogP contribution in [0.2, 0.25) is 5.02 Å². The minimum Gasteiger partial charge on any atom is -0.310 e. The first-order valence-corrected chi connectivity index (χ1v) is 10.2. The molecule has 0 aliphatic rings. The lowest BCUT2D eigenvalue weighted by atomic mass is 10.3. The van der Waals surface area contributed by atoms with Crippen molar-refractivity contribution in [1.29, 1.82) is 0 Å². The zero-order valence-corrected chi connectivity index (χ0v) is 17.1. The van der Waals surface area contributed by atoms with E-state index in [0.29, 0.717) is 16.0 Å². The van der Waals surface area contributed by atoms with Crippen LogP contribution in [0.15, 0.2) is 72.1 Å². The number of amides is 1. The molecule has 2 aromatic carbocycles. The number of anilines is 1. The molecule has 2 heterocycles. The van der Waals surface area contributed by atoms with Crippen LogP contribution < -0.4 is 5.32 Å². The fraction of sp³-hybridized carbons (Fsp3) is 0.100. The fourth-order valence-corrected chi connectivity index (χ4v) is 3.70. The molecule has 0 aliphatic heterocycles. The summed E-state index contributed by atoms with van der Waals surface area (Å²) >= 11 is 7.36. The predicted molar refractivity (Wildman–Crippen MR) is 114 cm³/mol. The number of para-hydroxylation sites is 1. The Morgan fingerprint density at radius 3 is 2.69 bits per heavy atom. The summed E-state index contributed by atoms with van der Waals surface area (Å²) in [7, 11) is 0. The molecule has 1 amide bonds. The van der Waals surface area contributed by atoms with Gasteiger partial charge in [-0.3, -0.25) is 9.36 Å². The zero-order chi connectivity index (χ0) is 20.2. The van der Waals surface area contributed by atoms with Crippen molar-refractivity contribution in [2.45, 2.75) is 12.1 Å². The molecule has 4 aromatic rings.